The second-order valence-electron chi connectivity index (χ2n) is 4.04. The maximum Gasteiger partial charge on any atom is 0.103 e. The Labute approximate surface area is 96.1 Å². The van der Waals surface area contributed by atoms with E-state index in [9.17, 15) is 8.78 Å². The fourth-order valence-corrected chi connectivity index (χ4v) is 1.48. The molecule has 0 saturated heterocycles. The van der Waals surface area contributed by atoms with Crippen molar-refractivity contribution in [2.75, 3.05) is 0 Å². The van der Waals surface area contributed by atoms with Crippen LogP contribution in [-0.4, -0.2) is 0 Å². The fourth-order valence-electron chi connectivity index (χ4n) is 1.48. The van der Waals surface area contributed by atoms with Gasteiger partial charge in [0.15, 0.2) is 0 Å². The van der Waals surface area contributed by atoms with Crippen molar-refractivity contribution in [3.8, 4) is 0 Å². The lowest BCUT2D eigenvalue weighted by molar-refractivity contribution is 0.474. The monoisotopic (exact) mass is 224 g/mol. The first-order chi connectivity index (χ1) is 7.70. The van der Waals surface area contributed by atoms with Crippen LogP contribution in [0.1, 0.15) is 32.6 Å². The lowest BCUT2D eigenvalue weighted by Crippen LogP contribution is -1.91. The second-order valence-corrected chi connectivity index (χ2v) is 4.04. The normalized spacial score (nSPS) is 23.8. The third kappa shape index (κ3) is 5.06. The minimum absolute atomic E-state index is 0.00231. The quantitative estimate of drug-likeness (QED) is 0.542. The first kappa shape index (κ1) is 12.9. The van der Waals surface area contributed by atoms with Gasteiger partial charge in [-0.05, 0) is 31.4 Å². The van der Waals surface area contributed by atoms with Gasteiger partial charge in [0, 0.05) is 12.3 Å². The molecule has 0 aromatic heterocycles. The van der Waals surface area contributed by atoms with Crippen LogP contribution in [0.2, 0.25) is 0 Å². The van der Waals surface area contributed by atoms with E-state index in [2.05, 4.69) is 0 Å². The largest absolute Gasteiger partial charge is 0.212 e. The maximum absolute atomic E-state index is 12.6. The van der Waals surface area contributed by atoms with Gasteiger partial charge in [-0.25, -0.2) is 8.78 Å². The summed E-state index contributed by atoms with van der Waals surface area (Å²) in [5.74, 6) is 0.145. The molecule has 0 aliphatic heterocycles. The molecule has 2 rings (SSSR count). The molecule has 0 heterocycles. The van der Waals surface area contributed by atoms with Crippen LogP contribution >= 0.6 is 0 Å². The van der Waals surface area contributed by atoms with Crippen molar-refractivity contribution in [2.45, 2.75) is 32.6 Å². The lowest BCUT2D eigenvalue weighted by atomic mass is 10.1. The first-order valence-corrected chi connectivity index (χ1v) is 5.73. The van der Waals surface area contributed by atoms with Crippen LogP contribution in [0.15, 0.2) is 48.1 Å². The predicted octanol–water partition coefficient (Wildman–Crippen LogP) is 5.02. The molecule has 1 atom stereocenters. The van der Waals surface area contributed by atoms with E-state index in [-0.39, 0.29) is 17.6 Å². The van der Waals surface area contributed by atoms with Gasteiger partial charge in [0.05, 0.1) is 0 Å². The van der Waals surface area contributed by atoms with Crippen molar-refractivity contribution in [3.63, 3.8) is 0 Å². The molecule has 0 aromatic carbocycles. The second kappa shape index (κ2) is 7.15. The summed E-state index contributed by atoms with van der Waals surface area (Å²) < 4.78 is 24.6. The van der Waals surface area contributed by atoms with E-state index < -0.39 is 0 Å². The van der Waals surface area contributed by atoms with Crippen molar-refractivity contribution in [1.29, 1.82) is 0 Å². The Kier molecular flexibility index (Phi) is 5.76. The van der Waals surface area contributed by atoms with Crippen LogP contribution in [0.3, 0.4) is 0 Å². The average Bonchev–Trinajstić information content (AvgIpc) is 2.47. The van der Waals surface area contributed by atoms with Crippen LogP contribution in [0.5, 0.6) is 0 Å². The van der Waals surface area contributed by atoms with Crippen LogP contribution < -0.4 is 0 Å². The number of hydrogen-bond donors (Lipinski definition) is 0. The summed E-state index contributed by atoms with van der Waals surface area (Å²) in [6, 6.07) is 0. The standard InChI is InChI=1S/C8H11F.C6H7F/c1-7-5-3-2-4-6-8(7)9;7-6-4-2-1-3-5-6/h2,4,6-7H,3,5H2,1H3;1-2,4H,3,5H2. The van der Waals surface area contributed by atoms with E-state index >= 15 is 0 Å². The molecule has 0 aromatic rings. The Bertz CT molecular complexity index is 322. The maximum atomic E-state index is 12.6. The van der Waals surface area contributed by atoms with Crippen LogP contribution in [-0.2, 0) is 0 Å². The summed E-state index contributed by atoms with van der Waals surface area (Å²) in [7, 11) is 0. The van der Waals surface area contributed by atoms with Gasteiger partial charge in [-0.15, -0.1) is 0 Å². The Balaban J connectivity index is 0.000000165. The number of rotatable bonds is 0. The van der Waals surface area contributed by atoms with Crippen molar-refractivity contribution in [2.24, 2.45) is 5.92 Å². The SMILES string of the molecule is CC1CCC=CC=C1F.FC1=CC=CCC1. The zero-order valence-corrected chi connectivity index (χ0v) is 9.63. The molecule has 0 fully saturated rings. The smallest absolute Gasteiger partial charge is 0.103 e. The first-order valence-electron chi connectivity index (χ1n) is 5.73. The van der Waals surface area contributed by atoms with Gasteiger partial charge in [-0.1, -0.05) is 31.2 Å². The number of hydrogen-bond acceptors (Lipinski definition) is 0. The number of allylic oxidation sites excluding steroid dienone is 8. The molecule has 88 valence electrons. The van der Waals surface area contributed by atoms with Crippen molar-refractivity contribution < 1.29 is 8.78 Å². The Hall–Kier alpha value is -1.18. The van der Waals surface area contributed by atoms with E-state index in [0.29, 0.717) is 6.42 Å². The van der Waals surface area contributed by atoms with Crippen molar-refractivity contribution in [3.05, 3.63) is 48.1 Å². The molecule has 0 spiro atoms. The fraction of sp³-hybridized carbons (Fsp3) is 0.429. The molecule has 0 radical (unpaired) electrons. The van der Waals surface area contributed by atoms with Gasteiger partial charge in [-0.3, -0.25) is 0 Å². The summed E-state index contributed by atoms with van der Waals surface area (Å²) in [6.07, 6.45) is 14.0. The van der Waals surface area contributed by atoms with Gasteiger partial charge in [0.25, 0.3) is 0 Å². The zero-order valence-electron chi connectivity index (χ0n) is 9.63. The minimum Gasteiger partial charge on any atom is -0.212 e. The summed E-state index contributed by atoms with van der Waals surface area (Å²) in [6.45, 7) is 1.92. The van der Waals surface area contributed by atoms with Gasteiger partial charge < -0.3 is 0 Å². The molecule has 2 aliphatic carbocycles. The molecule has 16 heavy (non-hydrogen) atoms. The van der Waals surface area contributed by atoms with Gasteiger partial charge in [0.1, 0.15) is 11.7 Å². The van der Waals surface area contributed by atoms with E-state index in [4.69, 9.17) is 0 Å². The van der Waals surface area contributed by atoms with E-state index in [1.807, 2.05) is 19.1 Å². The molecule has 0 saturated carbocycles. The topological polar surface area (TPSA) is 0 Å². The van der Waals surface area contributed by atoms with E-state index in [1.165, 1.54) is 6.08 Å². The minimum atomic E-state index is 0.00231. The van der Waals surface area contributed by atoms with Crippen LogP contribution in [0.4, 0.5) is 8.78 Å². The third-order valence-corrected chi connectivity index (χ3v) is 2.59. The molecule has 0 nitrogen and oxygen atoms in total. The lowest BCUT2D eigenvalue weighted by Gasteiger charge is -2.02. The summed E-state index contributed by atoms with van der Waals surface area (Å²) in [4.78, 5) is 0. The molecule has 0 bridgehead atoms. The van der Waals surface area contributed by atoms with Gasteiger partial charge in [0.2, 0.25) is 0 Å². The third-order valence-electron chi connectivity index (χ3n) is 2.59. The molecular weight excluding hydrogens is 206 g/mol. The highest BCUT2D eigenvalue weighted by Crippen LogP contribution is 2.20. The van der Waals surface area contributed by atoms with Crippen molar-refractivity contribution >= 4 is 0 Å². The van der Waals surface area contributed by atoms with E-state index in [1.54, 1.807) is 18.2 Å². The zero-order chi connectivity index (χ0) is 11.8. The summed E-state index contributed by atoms with van der Waals surface area (Å²) in [5, 5.41) is 0. The molecular formula is C14H18F2. The predicted molar refractivity (Wildman–Crippen MR) is 64.3 cm³/mol. The van der Waals surface area contributed by atoms with E-state index in [0.717, 1.165) is 19.3 Å². The molecule has 0 amide bonds. The highest BCUT2D eigenvalue weighted by molar-refractivity contribution is 5.12. The Morgan fingerprint density at radius 1 is 1.06 bits per heavy atom. The van der Waals surface area contributed by atoms with Crippen molar-refractivity contribution in [1.82, 2.24) is 0 Å². The molecule has 2 aliphatic rings. The van der Waals surface area contributed by atoms with Gasteiger partial charge in [-0.2, -0.15) is 0 Å². The highest BCUT2D eigenvalue weighted by atomic mass is 19.1. The highest BCUT2D eigenvalue weighted by Gasteiger charge is 2.07. The summed E-state index contributed by atoms with van der Waals surface area (Å²) >= 11 is 0. The summed E-state index contributed by atoms with van der Waals surface area (Å²) in [5.41, 5.74) is 0. The Morgan fingerprint density at radius 3 is 2.31 bits per heavy atom. The Morgan fingerprint density at radius 2 is 1.75 bits per heavy atom. The molecule has 0 N–H and O–H groups in total. The average molecular weight is 224 g/mol. The number of halogens is 2. The van der Waals surface area contributed by atoms with Crippen LogP contribution in [0, 0.1) is 5.92 Å². The molecule has 1 unspecified atom stereocenters. The van der Waals surface area contributed by atoms with Gasteiger partial charge >= 0.3 is 0 Å². The van der Waals surface area contributed by atoms with Crippen LogP contribution in [0.25, 0.3) is 0 Å². The molecule has 2 heteroatoms.